The van der Waals surface area contributed by atoms with Crippen LogP contribution in [0.15, 0.2) is 10.5 Å². The molecule has 0 saturated carbocycles. The molecule has 0 heterocycles. The van der Waals surface area contributed by atoms with E-state index in [0.717, 1.165) is 21.3 Å². The van der Waals surface area contributed by atoms with E-state index in [-0.39, 0.29) is 12.3 Å². The normalized spacial score (nSPS) is 10.6. The Morgan fingerprint density at radius 1 is 1.32 bits per heavy atom. The van der Waals surface area contributed by atoms with E-state index in [2.05, 4.69) is 29.8 Å². The van der Waals surface area contributed by atoms with Crippen molar-refractivity contribution in [3.63, 3.8) is 0 Å². The van der Waals surface area contributed by atoms with Crippen molar-refractivity contribution >= 4 is 21.9 Å². The fourth-order valence-corrected chi connectivity index (χ4v) is 2.78. The van der Waals surface area contributed by atoms with Gasteiger partial charge in [-0.3, -0.25) is 4.79 Å². The minimum Gasteiger partial charge on any atom is -0.495 e. The molecule has 1 N–H and O–H groups in total. The summed E-state index contributed by atoms with van der Waals surface area (Å²) in [5.74, 6) is 0.842. The zero-order valence-corrected chi connectivity index (χ0v) is 13.2. The van der Waals surface area contributed by atoms with Crippen LogP contribution < -0.4 is 9.47 Å². The van der Waals surface area contributed by atoms with E-state index < -0.39 is 5.97 Å². The van der Waals surface area contributed by atoms with E-state index in [4.69, 9.17) is 14.6 Å². The largest absolute Gasteiger partial charge is 0.495 e. The van der Waals surface area contributed by atoms with Crippen molar-refractivity contribution in [1.29, 1.82) is 0 Å². The number of aliphatic carboxylic acids is 1. The van der Waals surface area contributed by atoms with E-state index in [0.29, 0.717) is 12.2 Å². The maximum absolute atomic E-state index is 10.7. The highest BCUT2D eigenvalue weighted by Gasteiger charge is 2.19. The van der Waals surface area contributed by atoms with E-state index in [1.54, 1.807) is 14.2 Å². The van der Waals surface area contributed by atoms with E-state index in [1.807, 2.05) is 6.07 Å². The van der Waals surface area contributed by atoms with Gasteiger partial charge >= 0.3 is 5.97 Å². The van der Waals surface area contributed by atoms with Crippen molar-refractivity contribution in [2.45, 2.75) is 32.6 Å². The van der Waals surface area contributed by atoms with Crippen LogP contribution in [0.25, 0.3) is 0 Å². The molecule has 0 amide bonds. The lowest BCUT2D eigenvalue weighted by atomic mass is 9.97. The Labute approximate surface area is 121 Å². The summed E-state index contributed by atoms with van der Waals surface area (Å²) in [6, 6.07) is 1.97. The van der Waals surface area contributed by atoms with Gasteiger partial charge in [0.1, 0.15) is 16.0 Å². The predicted molar refractivity (Wildman–Crippen MR) is 77.3 cm³/mol. The summed E-state index contributed by atoms with van der Waals surface area (Å²) < 4.78 is 11.5. The van der Waals surface area contributed by atoms with Crippen molar-refractivity contribution in [1.82, 2.24) is 0 Å². The summed E-state index contributed by atoms with van der Waals surface area (Å²) in [5, 5.41) is 8.81. The molecule has 0 radical (unpaired) electrons. The number of carboxylic acids is 1. The number of halogens is 1. The molecule has 0 spiro atoms. The monoisotopic (exact) mass is 330 g/mol. The van der Waals surface area contributed by atoms with Gasteiger partial charge in [-0.1, -0.05) is 13.8 Å². The molecule has 0 bridgehead atoms. The highest BCUT2D eigenvalue weighted by molar-refractivity contribution is 9.10. The van der Waals surface area contributed by atoms with Crippen LogP contribution in [0.4, 0.5) is 0 Å². The molecule has 0 aliphatic carbocycles. The number of carbonyl (C=O) groups is 1. The van der Waals surface area contributed by atoms with Crippen LogP contribution in [0.5, 0.6) is 11.5 Å². The third kappa shape index (κ3) is 3.62. The second-order valence-corrected chi connectivity index (χ2v) is 5.35. The molecule has 0 fully saturated rings. The van der Waals surface area contributed by atoms with Crippen LogP contribution in [-0.2, 0) is 11.2 Å². The quantitative estimate of drug-likeness (QED) is 0.865. The minimum absolute atomic E-state index is 0.0761. The average Bonchev–Trinajstić information content (AvgIpc) is 2.35. The molecule has 106 valence electrons. The zero-order chi connectivity index (χ0) is 14.6. The fraction of sp³-hybridized carbons (Fsp3) is 0.500. The maximum atomic E-state index is 10.7. The maximum Gasteiger partial charge on any atom is 0.303 e. The van der Waals surface area contributed by atoms with Gasteiger partial charge in [0.2, 0.25) is 0 Å². The standard InChI is InChI=1S/C14H19BrO4/c1-8(2)10-7-9(5-6-11(16)17)13(18-3)12(15)14(10)19-4/h7-8H,5-6H2,1-4H3,(H,16,17). The molecule has 0 aromatic heterocycles. The summed E-state index contributed by atoms with van der Waals surface area (Å²) >= 11 is 3.48. The Kier molecular flexibility index (Phi) is 5.66. The van der Waals surface area contributed by atoms with E-state index in [1.165, 1.54) is 0 Å². The van der Waals surface area contributed by atoms with Crippen molar-refractivity contribution in [2.75, 3.05) is 14.2 Å². The van der Waals surface area contributed by atoms with Gasteiger partial charge in [-0.05, 0) is 45.5 Å². The van der Waals surface area contributed by atoms with Gasteiger partial charge in [-0.25, -0.2) is 0 Å². The molecule has 19 heavy (non-hydrogen) atoms. The Morgan fingerprint density at radius 2 is 1.89 bits per heavy atom. The summed E-state index contributed by atoms with van der Waals surface area (Å²) in [6.45, 7) is 4.13. The SMILES string of the molecule is COc1c(CCC(=O)O)cc(C(C)C)c(OC)c1Br. The summed E-state index contributed by atoms with van der Waals surface area (Å²) in [7, 11) is 3.18. The second-order valence-electron chi connectivity index (χ2n) is 4.55. The van der Waals surface area contributed by atoms with Crippen LogP contribution >= 0.6 is 15.9 Å². The highest BCUT2D eigenvalue weighted by Crippen LogP contribution is 2.43. The lowest BCUT2D eigenvalue weighted by Gasteiger charge is -2.19. The van der Waals surface area contributed by atoms with Crippen LogP contribution in [0.2, 0.25) is 0 Å². The number of methoxy groups -OCH3 is 2. The van der Waals surface area contributed by atoms with Gasteiger partial charge in [-0.2, -0.15) is 0 Å². The molecule has 0 aliphatic rings. The second kappa shape index (κ2) is 6.80. The molecule has 5 heteroatoms. The number of ether oxygens (including phenoxy) is 2. The highest BCUT2D eigenvalue weighted by atomic mass is 79.9. The number of aryl methyl sites for hydroxylation is 1. The van der Waals surface area contributed by atoms with Crippen LogP contribution in [0.1, 0.15) is 37.3 Å². The number of rotatable bonds is 6. The van der Waals surface area contributed by atoms with Crippen molar-refractivity contribution in [3.05, 3.63) is 21.7 Å². The Balaban J connectivity index is 3.32. The van der Waals surface area contributed by atoms with Gasteiger partial charge in [-0.15, -0.1) is 0 Å². The predicted octanol–water partition coefficient (Wildman–Crippen LogP) is 3.61. The molecule has 0 saturated heterocycles. The van der Waals surface area contributed by atoms with Gasteiger partial charge in [0.05, 0.1) is 14.2 Å². The molecule has 1 rings (SSSR count). The van der Waals surface area contributed by atoms with Crippen LogP contribution in [0.3, 0.4) is 0 Å². The van der Waals surface area contributed by atoms with Crippen molar-refractivity contribution in [3.8, 4) is 11.5 Å². The first kappa shape index (κ1) is 15.8. The van der Waals surface area contributed by atoms with Gasteiger partial charge in [0.15, 0.2) is 0 Å². The fourth-order valence-electron chi connectivity index (χ4n) is 1.97. The number of hydrogen-bond donors (Lipinski definition) is 1. The molecule has 1 aromatic carbocycles. The van der Waals surface area contributed by atoms with Gasteiger partial charge in [0.25, 0.3) is 0 Å². The number of hydrogen-bond acceptors (Lipinski definition) is 3. The molecular formula is C14H19BrO4. The molecular weight excluding hydrogens is 312 g/mol. The Bertz CT molecular complexity index is 469. The average molecular weight is 331 g/mol. The minimum atomic E-state index is -0.819. The van der Waals surface area contributed by atoms with Gasteiger partial charge < -0.3 is 14.6 Å². The Hall–Kier alpha value is -1.23. The van der Waals surface area contributed by atoms with Gasteiger partial charge in [0, 0.05) is 6.42 Å². The third-order valence-electron chi connectivity index (χ3n) is 2.92. The zero-order valence-electron chi connectivity index (χ0n) is 11.6. The number of carboxylic acid groups (broad SMARTS) is 1. The number of benzene rings is 1. The first-order valence-electron chi connectivity index (χ1n) is 6.07. The first-order chi connectivity index (χ1) is 8.92. The molecule has 0 atom stereocenters. The summed E-state index contributed by atoms with van der Waals surface area (Å²) in [6.07, 6.45) is 0.507. The molecule has 0 aliphatic heterocycles. The first-order valence-corrected chi connectivity index (χ1v) is 6.86. The Morgan fingerprint density at radius 3 is 2.32 bits per heavy atom. The van der Waals surface area contributed by atoms with Crippen LogP contribution in [-0.4, -0.2) is 25.3 Å². The lowest BCUT2D eigenvalue weighted by molar-refractivity contribution is -0.136. The molecule has 0 unspecified atom stereocenters. The molecule has 4 nitrogen and oxygen atoms in total. The van der Waals surface area contributed by atoms with Crippen LogP contribution in [0, 0.1) is 0 Å². The smallest absolute Gasteiger partial charge is 0.303 e. The van der Waals surface area contributed by atoms with E-state index >= 15 is 0 Å². The van der Waals surface area contributed by atoms with Crippen molar-refractivity contribution < 1.29 is 19.4 Å². The molecule has 1 aromatic rings. The summed E-state index contributed by atoms with van der Waals surface area (Å²) in [4.78, 5) is 10.7. The third-order valence-corrected chi connectivity index (χ3v) is 3.64. The van der Waals surface area contributed by atoms with Crippen molar-refractivity contribution in [2.24, 2.45) is 0 Å². The van der Waals surface area contributed by atoms with E-state index in [9.17, 15) is 4.79 Å². The lowest BCUT2D eigenvalue weighted by Crippen LogP contribution is -2.04. The topological polar surface area (TPSA) is 55.8 Å². The summed E-state index contributed by atoms with van der Waals surface area (Å²) in [5.41, 5.74) is 1.91.